The molecule has 18 nitrogen and oxygen atoms in total. The number of rotatable bonds is 10. The summed E-state index contributed by atoms with van der Waals surface area (Å²) in [5.74, 6) is -2.27. The third-order valence-electron chi connectivity index (χ3n) is 11.6. The largest absolute Gasteiger partial charge is 0.508 e. The van der Waals surface area contributed by atoms with Gasteiger partial charge in [0, 0.05) is 79.8 Å². The van der Waals surface area contributed by atoms with Crippen LogP contribution in [0.5, 0.6) is 11.5 Å². The van der Waals surface area contributed by atoms with Crippen LogP contribution in [0.4, 0.5) is 21.9 Å². The fraction of sp³-hybridized carbons (Fsp3) is 0.289. The predicted octanol–water partition coefficient (Wildman–Crippen LogP) is 4.76. The van der Waals surface area contributed by atoms with Crippen LogP contribution in [-0.4, -0.2) is 114 Å². The van der Waals surface area contributed by atoms with Crippen LogP contribution in [0, 0.1) is 0 Å². The number of anilines is 3. The molecular formula is C45H45N9O9. The van der Waals surface area contributed by atoms with Crippen molar-refractivity contribution >= 4 is 52.7 Å². The van der Waals surface area contributed by atoms with E-state index in [1.165, 1.54) is 15.5 Å². The molecule has 63 heavy (non-hydrogen) atoms. The molecule has 0 bridgehead atoms. The molecule has 1 aromatic heterocycles. The summed E-state index contributed by atoms with van der Waals surface area (Å²) in [6.07, 6.45) is -0.974. The number of carbonyl (C=O) groups is 6. The van der Waals surface area contributed by atoms with Gasteiger partial charge in [0.2, 0.25) is 17.6 Å². The highest BCUT2D eigenvalue weighted by atomic mass is 16.4. The lowest BCUT2D eigenvalue weighted by atomic mass is 9.98. The molecule has 5 N–H and O–H groups in total. The Balaban J connectivity index is 0.955. The molecule has 18 heteroatoms. The van der Waals surface area contributed by atoms with Gasteiger partial charge in [-0.25, -0.2) is 9.69 Å². The molecule has 0 saturated carbocycles. The summed E-state index contributed by atoms with van der Waals surface area (Å²) in [5, 5.41) is 45.2. The molecular weight excluding hydrogens is 811 g/mol. The van der Waals surface area contributed by atoms with E-state index in [-0.39, 0.29) is 65.6 Å². The molecule has 4 heterocycles. The standard InChI is InChI=1S/C45H45N9O9/c1-4-46-42(59)40-49-48-39(32-22-31(25(2)3)36(55)23-37(32)56)54(40)29-10-8-26(9-11-29)43(60)51-20-18-50(19-21-51)27-12-14-28(15-13-27)53(45(62)63)34-7-5-6-30-33(34)24-52(44(30)61)35-16-17-38(57)47-41(35)58/h5-15,22-23,25,35,55-56H,4,16-21,24H2,1-3H3,(H,46,59)(H,62,63)(H,47,57,58). The Bertz CT molecular complexity index is 2650. The predicted molar refractivity (Wildman–Crippen MR) is 229 cm³/mol. The molecule has 0 aliphatic carbocycles. The minimum absolute atomic E-state index is 0.0129. The van der Waals surface area contributed by atoms with E-state index in [0.717, 1.165) is 10.6 Å². The van der Waals surface area contributed by atoms with Crippen molar-refractivity contribution in [3.8, 4) is 28.6 Å². The van der Waals surface area contributed by atoms with Gasteiger partial charge in [-0.15, -0.1) is 10.2 Å². The molecule has 0 spiro atoms. The van der Waals surface area contributed by atoms with E-state index in [1.807, 2.05) is 13.8 Å². The van der Waals surface area contributed by atoms with E-state index in [2.05, 4.69) is 25.7 Å². The van der Waals surface area contributed by atoms with E-state index in [4.69, 9.17) is 0 Å². The Morgan fingerprint density at radius 2 is 1.57 bits per heavy atom. The summed E-state index contributed by atoms with van der Waals surface area (Å²) in [6, 6.07) is 20.5. The maximum atomic E-state index is 13.8. The second kappa shape index (κ2) is 16.9. The average Bonchev–Trinajstić information content (AvgIpc) is 3.86. The van der Waals surface area contributed by atoms with E-state index in [9.17, 15) is 44.1 Å². The quantitative estimate of drug-likeness (QED) is 0.120. The van der Waals surface area contributed by atoms with Crippen molar-refractivity contribution < 1.29 is 44.1 Å². The Morgan fingerprint density at radius 1 is 0.873 bits per heavy atom. The minimum Gasteiger partial charge on any atom is -0.508 e. The Hall–Kier alpha value is -7.76. The zero-order chi connectivity index (χ0) is 44.7. The van der Waals surface area contributed by atoms with Crippen LogP contribution in [0.3, 0.4) is 0 Å². The van der Waals surface area contributed by atoms with Crippen LogP contribution in [0.25, 0.3) is 17.1 Å². The molecule has 2 saturated heterocycles. The number of carboxylic acid groups (broad SMARTS) is 1. The smallest absolute Gasteiger partial charge is 0.416 e. The number of aromatic hydroxyl groups is 2. The fourth-order valence-electron chi connectivity index (χ4n) is 8.37. The summed E-state index contributed by atoms with van der Waals surface area (Å²) in [6.45, 7) is 7.76. The fourth-order valence-corrected chi connectivity index (χ4v) is 8.37. The Kier molecular flexibility index (Phi) is 11.3. The molecule has 0 radical (unpaired) electrons. The van der Waals surface area contributed by atoms with Gasteiger partial charge in [-0.2, -0.15) is 0 Å². The first-order chi connectivity index (χ1) is 30.2. The van der Waals surface area contributed by atoms with E-state index in [1.54, 1.807) is 84.6 Å². The van der Waals surface area contributed by atoms with Crippen LogP contribution < -0.4 is 20.4 Å². The monoisotopic (exact) mass is 855 g/mol. The molecule has 5 aromatic rings. The molecule has 6 amide bonds. The number of amides is 6. The number of carbonyl (C=O) groups excluding carboxylic acids is 5. The zero-order valence-electron chi connectivity index (χ0n) is 34.7. The van der Waals surface area contributed by atoms with Crippen molar-refractivity contribution in [3.63, 3.8) is 0 Å². The topological polar surface area (TPSA) is 231 Å². The van der Waals surface area contributed by atoms with Gasteiger partial charge in [0.25, 0.3) is 17.7 Å². The van der Waals surface area contributed by atoms with Gasteiger partial charge in [-0.05, 0) is 91.6 Å². The third kappa shape index (κ3) is 7.86. The minimum atomic E-state index is -1.26. The highest BCUT2D eigenvalue weighted by Gasteiger charge is 2.41. The Labute approximate surface area is 361 Å². The van der Waals surface area contributed by atoms with Crippen molar-refractivity contribution in [3.05, 3.63) is 107 Å². The van der Waals surface area contributed by atoms with Crippen molar-refractivity contribution in [2.45, 2.75) is 52.1 Å². The number of nitrogens with zero attached hydrogens (tertiary/aromatic N) is 7. The lowest BCUT2D eigenvalue weighted by Crippen LogP contribution is -2.52. The van der Waals surface area contributed by atoms with Crippen LogP contribution in [0.2, 0.25) is 0 Å². The summed E-state index contributed by atoms with van der Waals surface area (Å²) < 4.78 is 1.50. The highest BCUT2D eigenvalue weighted by molar-refractivity contribution is 6.07. The number of piperazine rings is 1. The first-order valence-corrected chi connectivity index (χ1v) is 20.6. The third-order valence-corrected chi connectivity index (χ3v) is 11.6. The van der Waals surface area contributed by atoms with Crippen molar-refractivity contribution in [2.24, 2.45) is 0 Å². The van der Waals surface area contributed by atoms with Gasteiger partial charge in [0.05, 0.1) is 16.9 Å². The highest BCUT2D eigenvalue weighted by Crippen LogP contribution is 2.40. The van der Waals surface area contributed by atoms with E-state index < -0.39 is 35.8 Å². The van der Waals surface area contributed by atoms with Crippen molar-refractivity contribution in [2.75, 3.05) is 42.5 Å². The zero-order valence-corrected chi connectivity index (χ0v) is 34.7. The number of hydrogen-bond acceptors (Lipinski definition) is 11. The Morgan fingerprint density at radius 3 is 2.22 bits per heavy atom. The maximum absolute atomic E-state index is 13.8. The summed E-state index contributed by atoms with van der Waals surface area (Å²) in [5.41, 5.74) is 3.96. The lowest BCUT2D eigenvalue weighted by molar-refractivity contribution is -0.136. The second-order valence-corrected chi connectivity index (χ2v) is 15.8. The average molecular weight is 856 g/mol. The van der Waals surface area contributed by atoms with Crippen molar-refractivity contribution in [1.29, 1.82) is 0 Å². The van der Waals surface area contributed by atoms with E-state index in [0.29, 0.717) is 66.4 Å². The molecule has 2 fully saturated rings. The van der Waals surface area contributed by atoms with E-state index >= 15 is 0 Å². The molecule has 1 atom stereocenters. The van der Waals surface area contributed by atoms with Gasteiger partial charge in [0.15, 0.2) is 5.82 Å². The van der Waals surface area contributed by atoms with Crippen LogP contribution in [0.15, 0.2) is 78.9 Å². The maximum Gasteiger partial charge on any atom is 0.416 e. The molecule has 8 rings (SSSR count). The van der Waals surface area contributed by atoms with Crippen LogP contribution >= 0.6 is 0 Å². The van der Waals surface area contributed by atoms with Gasteiger partial charge in [-0.1, -0.05) is 19.9 Å². The van der Waals surface area contributed by atoms with Crippen molar-refractivity contribution in [1.82, 2.24) is 35.2 Å². The SMILES string of the molecule is CCNC(=O)c1nnc(-c2cc(C(C)C)c(O)cc2O)n1-c1ccc(C(=O)N2CCN(c3ccc(N(C(=O)O)c4cccc5c4CN(C4CCC(=O)NC4=O)C5=O)cc3)CC2)cc1. The second-order valence-electron chi connectivity index (χ2n) is 15.8. The summed E-state index contributed by atoms with van der Waals surface area (Å²) >= 11 is 0. The van der Waals surface area contributed by atoms with Gasteiger partial charge < -0.3 is 35.3 Å². The number of aromatic nitrogens is 3. The molecule has 3 aliphatic rings. The number of hydrogen-bond donors (Lipinski definition) is 5. The number of phenolic OH excluding ortho intramolecular Hbond substituents is 2. The molecule has 1 unspecified atom stereocenters. The van der Waals surface area contributed by atoms with Gasteiger partial charge >= 0.3 is 6.09 Å². The van der Waals surface area contributed by atoms with Gasteiger partial charge in [0.1, 0.15) is 17.5 Å². The number of nitrogens with one attached hydrogen (secondary N) is 2. The number of fused-ring (bicyclic) bond motifs is 1. The number of phenols is 2. The van der Waals surface area contributed by atoms with Crippen LogP contribution in [-0.2, 0) is 16.1 Å². The summed E-state index contributed by atoms with van der Waals surface area (Å²) in [4.78, 5) is 83.7. The molecule has 324 valence electrons. The number of benzene rings is 4. The molecule has 4 aromatic carbocycles. The number of imide groups is 1. The first kappa shape index (κ1) is 42.0. The van der Waals surface area contributed by atoms with Crippen LogP contribution in [0.1, 0.15) is 82.0 Å². The van der Waals surface area contributed by atoms with Gasteiger partial charge in [-0.3, -0.25) is 33.9 Å². The normalized spacial score (nSPS) is 16.3. The first-order valence-electron chi connectivity index (χ1n) is 20.6. The number of piperidine rings is 1. The molecule has 3 aliphatic heterocycles. The lowest BCUT2D eigenvalue weighted by Gasteiger charge is -2.36. The summed E-state index contributed by atoms with van der Waals surface area (Å²) in [7, 11) is 0.